The fraction of sp³-hybridized carbons (Fsp3) is 0.917. The van der Waals surface area contributed by atoms with Gasteiger partial charge in [0.25, 0.3) is 0 Å². The van der Waals surface area contributed by atoms with Crippen LogP contribution in [0, 0.1) is 11.8 Å². The number of carbonyl (C=O) groups is 2. The molecule has 2 N–H and O–H groups in total. The smallest absolute Gasteiger partial charge is 0.410 e. The van der Waals surface area contributed by atoms with Crippen molar-refractivity contribution < 1.29 is 28.5 Å². The topological polar surface area (TPSA) is 102 Å². The quantitative estimate of drug-likeness (QED) is 0.611. The van der Waals surface area contributed by atoms with Gasteiger partial charge in [0.15, 0.2) is 0 Å². The van der Waals surface area contributed by atoms with Gasteiger partial charge >= 0.3 is 12.2 Å². The average Bonchev–Trinajstić information content (AvgIpc) is 3.43. The van der Waals surface area contributed by atoms with Crippen LogP contribution in [0.5, 0.6) is 0 Å². The maximum atomic E-state index is 12.0. The van der Waals surface area contributed by atoms with Crippen molar-refractivity contribution in [2.24, 2.45) is 11.8 Å². The molecule has 4 saturated heterocycles. The van der Waals surface area contributed by atoms with Gasteiger partial charge in [-0.25, -0.2) is 9.59 Å². The first-order chi connectivity index (χ1) is 15.7. The molecule has 4 aliphatic rings. The molecular weight excluding hydrogens is 440 g/mol. The highest BCUT2D eigenvalue weighted by molar-refractivity contribution is 5.69. The highest BCUT2D eigenvalue weighted by Gasteiger charge is 2.53. The summed E-state index contributed by atoms with van der Waals surface area (Å²) in [5.41, 5.74) is -1.30. The summed E-state index contributed by atoms with van der Waals surface area (Å²) in [5.74, 6) is 0.750. The van der Waals surface area contributed by atoms with Gasteiger partial charge in [0.2, 0.25) is 0 Å². The monoisotopic (exact) mass is 484 g/mol. The van der Waals surface area contributed by atoms with Gasteiger partial charge in [0, 0.05) is 65.3 Å². The Morgan fingerprint density at radius 2 is 1.09 bits per heavy atom. The molecule has 2 amide bonds. The molecule has 0 spiro atoms. The van der Waals surface area contributed by atoms with Gasteiger partial charge in [0.1, 0.15) is 22.4 Å². The van der Waals surface area contributed by atoms with E-state index in [9.17, 15) is 9.59 Å². The fourth-order valence-electron chi connectivity index (χ4n) is 5.25. The Hall–Kier alpha value is -1.62. The van der Waals surface area contributed by atoms with Crippen LogP contribution in [-0.2, 0) is 18.9 Å². The van der Waals surface area contributed by atoms with Crippen molar-refractivity contribution in [3.63, 3.8) is 0 Å². The van der Waals surface area contributed by atoms with Gasteiger partial charge in [-0.05, 0) is 41.5 Å². The van der Waals surface area contributed by atoms with Gasteiger partial charge in [0.05, 0.1) is 13.1 Å². The summed E-state index contributed by atoms with van der Waals surface area (Å²) in [6, 6.07) is 0. The number of likely N-dealkylation sites (tertiary alicyclic amines) is 2. The van der Waals surface area contributed by atoms with E-state index in [0.29, 0.717) is 24.9 Å². The molecule has 0 aliphatic carbocycles. The second-order valence-corrected chi connectivity index (χ2v) is 11.9. The van der Waals surface area contributed by atoms with Crippen molar-refractivity contribution in [3.05, 3.63) is 0 Å². The number of rotatable bonds is 2. The van der Waals surface area contributed by atoms with Gasteiger partial charge in [-0.2, -0.15) is 0 Å². The predicted molar refractivity (Wildman–Crippen MR) is 128 cm³/mol. The van der Waals surface area contributed by atoms with Crippen LogP contribution >= 0.6 is 0 Å². The molecule has 0 bridgehead atoms. The molecule has 4 fully saturated rings. The van der Waals surface area contributed by atoms with Crippen molar-refractivity contribution >= 4 is 12.2 Å². The summed E-state index contributed by atoms with van der Waals surface area (Å²) in [7, 11) is 3.44. The van der Waals surface area contributed by atoms with E-state index < -0.39 is 11.2 Å². The Labute approximate surface area is 204 Å². The second kappa shape index (κ2) is 9.79. The minimum Gasteiger partial charge on any atom is -0.444 e. The number of nitrogens with zero attached hydrogens (tertiary/aromatic N) is 2. The lowest BCUT2D eigenvalue weighted by Crippen LogP contribution is -2.43. The normalized spacial score (nSPS) is 32.7. The molecule has 4 rings (SSSR count). The number of hydrogen-bond donors (Lipinski definition) is 2. The maximum Gasteiger partial charge on any atom is 0.410 e. The summed E-state index contributed by atoms with van der Waals surface area (Å²) in [6.45, 7) is 17.4. The van der Waals surface area contributed by atoms with Crippen LogP contribution in [-0.4, -0.2) is 111 Å². The molecule has 4 heterocycles. The highest BCUT2D eigenvalue weighted by atomic mass is 16.6. The molecule has 0 radical (unpaired) electrons. The highest BCUT2D eigenvalue weighted by Crippen LogP contribution is 2.35. The first kappa shape index (κ1) is 27.0. The minimum absolute atomic E-state index is 0.211. The molecule has 196 valence electrons. The number of hydrogen-bond acceptors (Lipinski definition) is 8. The van der Waals surface area contributed by atoms with E-state index in [0.717, 1.165) is 39.3 Å². The van der Waals surface area contributed by atoms with Crippen LogP contribution in [0.15, 0.2) is 0 Å². The van der Waals surface area contributed by atoms with E-state index in [1.54, 1.807) is 24.0 Å². The van der Waals surface area contributed by atoms with Crippen molar-refractivity contribution in [1.29, 1.82) is 0 Å². The summed E-state index contributed by atoms with van der Waals surface area (Å²) in [6.07, 6.45) is -0.466. The summed E-state index contributed by atoms with van der Waals surface area (Å²) >= 11 is 0. The molecule has 0 aromatic rings. The SMILES string of the molecule is CO[C@@]12CNC[C@H]1CN(C(=O)OC(C)(C)C)C2.CO[C@]12CNC[C@@H]1CN(C(=O)OC(C)(C)C)C2. The third-order valence-corrected chi connectivity index (χ3v) is 7.03. The molecule has 0 aromatic heterocycles. The van der Waals surface area contributed by atoms with E-state index in [4.69, 9.17) is 18.9 Å². The number of ether oxygens (including phenoxy) is 4. The van der Waals surface area contributed by atoms with Gasteiger partial charge in [-0.1, -0.05) is 0 Å². The molecule has 34 heavy (non-hydrogen) atoms. The van der Waals surface area contributed by atoms with Crippen molar-refractivity contribution in [1.82, 2.24) is 20.4 Å². The first-order valence-electron chi connectivity index (χ1n) is 12.2. The maximum absolute atomic E-state index is 12.0. The Bertz CT molecular complexity index is 689. The second-order valence-electron chi connectivity index (χ2n) is 11.9. The molecular formula is C24H44N4O6. The van der Waals surface area contributed by atoms with Gasteiger partial charge in [-0.3, -0.25) is 0 Å². The lowest BCUT2D eigenvalue weighted by Gasteiger charge is -2.27. The van der Waals surface area contributed by atoms with Crippen LogP contribution in [0.25, 0.3) is 0 Å². The van der Waals surface area contributed by atoms with Gasteiger partial charge < -0.3 is 39.4 Å². The zero-order chi connectivity index (χ0) is 25.4. The summed E-state index contributed by atoms with van der Waals surface area (Å²) in [5, 5.41) is 6.64. The first-order valence-corrected chi connectivity index (χ1v) is 12.2. The molecule has 4 atom stereocenters. The molecule has 10 heteroatoms. The number of nitrogens with one attached hydrogen (secondary N) is 2. The predicted octanol–water partition coefficient (Wildman–Crippen LogP) is 1.68. The van der Waals surface area contributed by atoms with Crippen LogP contribution in [0.3, 0.4) is 0 Å². The minimum atomic E-state index is -0.437. The fourth-order valence-corrected chi connectivity index (χ4v) is 5.25. The third kappa shape index (κ3) is 5.95. The zero-order valence-corrected chi connectivity index (χ0v) is 22.2. The molecule has 0 aromatic carbocycles. The van der Waals surface area contributed by atoms with Crippen molar-refractivity contribution in [3.8, 4) is 0 Å². The number of methoxy groups -OCH3 is 2. The standard InChI is InChI=1S/2C12H22N2O3/c2*1-11(2,3)17-10(15)14-6-9-5-13-7-12(9,8-14)16-4/h2*9,13H,5-8H2,1-4H3/t2*9-,12+/m10/s1. The van der Waals surface area contributed by atoms with Crippen molar-refractivity contribution in [2.45, 2.75) is 63.9 Å². The Morgan fingerprint density at radius 3 is 1.35 bits per heavy atom. The van der Waals surface area contributed by atoms with Crippen LogP contribution in [0.2, 0.25) is 0 Å². The number of amides is 2. The lowest BCUT2D eigenvalue weighted by molar-refractivity contribution is -0.0112. The van der Waals surface area contributed by atoms with E-state index in [-0.39, 0.29) is 23.4 Å². The van der Waals surface area contributed by atoms with Crippen LogP contribution in [0.1, 0.15) is 41.5 Å². The van der Waals surface area contributed by atoms with Gasteiger partial charge in [-0.15, -0.1) is 0 Å². The summed E-state index contributed by atoms with van der Waals surface area (Å²) < 4.78 is 22.0. The average molecular weight is 485 g/mol. The van der Waals surface area contributed by atoms with E-state index >= 15 is 0 Å². The summed E-state index contributed by atoms with van der Waals surface area (Å²) in [4.78, 5) is 27.5. The number of carbonyl (C=O) groups excluding carboxylic acids is 2. The zero-order valence-electron chi connectivity index (χ0n) is 22.2. The van der Waals surface area contributed by atoms with Crippen LogP contribution < -0.4 is 10.6 Å². The van der Waals surface area contributed by atoms with Crippen LogP contribution in [0.4, 0.5) is 9.59 Å². The molecule has 0 saturated carbocycles. The third-order valence-electron chi connectivity index (χ3n) is 7.03. The van der Waals surface area contributed by atoms with E-state index in [2.05, 4.69) is 10.6 Å². The number of fused-ring (bicyclic) bond motifs is 2. The molecule has 10 nitrogen and oxygen atoms in total. The van der Waals surface area contributed by atoms with E-state index in [1.807, 2.05) is 41.5 Å². The van der Waals surface area contributed by atoms with E-state index in [1.165, 1.54) is 0 Å². The Morgan fingerprint density at radius 1 is 0.735 bits per heavy atom. The largest absolute Gasteiger partial charge is 0.444 e. The lowest BCUT2D eigenvalue weighted by atomic mass is 9.95. The van der Waals surface area contributed by atoms with Crippen molar-refractivity contribution in [2.75, 3.05) is 66.6 Å². The molecule has 0 unspecified atom stereocenters. The Kier molecular flexibility index (Phi) is 7.77. The Balaban J connectivity index is 0.000000191. The molecule has 4 aliphatic heterocycles.